The molecular weight excluding hydrogens is 563 g/mol. The van der Waals surface area contributed by atoms with Gasteiger partial charge in [-0.1, -0.05) is 64.5 Å². The standard InChI is InChI=1S/C28H21BrCl2N2O3/c1-14-12-21(15(2)11-20(14)29)32-22(34)13-33-25(35)23-24(26(33)36)28(31)17-8-4-3-7-16(17)27(23,30)18-9-5-6-10-19(18)28/h3-12,23-24H,13H2,1-2H3,(H,32,34)/t23-,24-,27?,28?/m0/s1. The molecule has 1 fully saturated rings. The van der Waals surface area contributed by atoms with Gasteiger partial charge in [0.2, 0.25) is 17.7 Å². The normalized spacial score (nSPS) is 27.5. The van der Waals surface area contributed by atoms with E-state index in [2.05, 4.69) is 21.2 Å². The molecule has 182 valence electrons. The number of alkyl halides is 2. The second-order valence-corrected chi connectivity index (χ2v) is 11.7. The van der Waals surface area contributed by atoms with E-state index in [1.165, 1.54) is 0 Å². The van der Waals surface area contributed by atoms with E-state index < -0.39 is 45.9 Å². The Hall–Kier alpha value is -2.67. The Morgan fingerprint density at radius 2 is 1.31 bits per heavy atom. The lowest BCUT2D eigenvalue weighted by Crippen LogP contribution is -2.57. The number of hydrogen-bond acceptors (Lipinski definition) is 3. The lowest BCUT2D eigenvalue weighted by atomic mass is 9.54. The number of aryl methyl sites for hydroxylation is 2. The fourth-order valence-electron chi connectivity index (χ4n) is 6.13. The summed E-state index contributed by atoms with van der Waals surface area (Å²) in [5.41, 5.74) is 5.36. The van der Waals surface area contributed by atoms with Crippen LogP contribution in [-0.4, -0.2) is 29.2 Å². The van der Waals surface area contributed by atoms with Gasteiger partial charge in [0.1, 0.15) is 16.3 Å². The van der Waals surface area contributed by atoms with Gasteiger partial charge < -0.3 is 5.32 Å². The molecule has 2 bridgehead atoms. The first kappa shape index (κ1) is 23.7. The minimum Gasteiger partial charge on any atom is -0.324 e. The number of rotatable bonds is 3. The summed E-state index contributed by atoms with van der Waals surface area (Å²) in [6, 6.07) is 18.7. The molecule has 0 unspecified atom stereocenters. The maximum absolute atomic E-state index is 13.8. The number of imide groups is 1. The van der Waals surface area contributed by atoms with E-state index in [1.807, 2.05) is 74.5 Å². The fourth-order valence-corrected chi connectivity index (χ4v) is 7.69. The molecule has 8 heteroatoms. The van der Waals surface area contributed by atoms with Crippen LogP contribution in [0, 0.1) is 25.7 Å². The summed E-state index contributed by atoms with van der Waals surface area (Å²) >= 11 is 18.3. The molecule has 0 aromatic heterocycles. The van der Waals surface area contributed by atoms with Crippen LogP contribution in [0.2, 0.25) is 0 Å². The van der Waals surface area contributed by atoms with Crippen molar-refractivity contribution in [1.29, 1.82) is 0 Å². The first-order valence-corrected chi connectivity index (χ1v) is 13.1. The highest BCUT2D eigenvalue weighted by molar-refractivity contribution is 9.10. The summed E-state index contributed by atoms with van der Waals surface area (Å²) in [5.74, 6) is -3.26. The Morgan fingerprint density at radius 1 is 0.861 bits per heavy atom. The number of carbonyl (C=O) groups is 3. The lowest BCUT2D eigenvalue weighted by molar-refractivity contribution is -0.142. The Labute approximate surface area is 226 Å². The van der Waals surface area contributed by atoms with Crippen molar-refractivity contribution in [2.75, 3.05) is 11.9 Å². The molecule has 3 aromatic carbocycles. The van der Waals surface area contributed by atoms with Crippen LogP contribution in [0.5, 0.6) is 0 Å². The van der Waals surface area contributed by atoms with E-state index in [0.717, 1.165) is 42.8 Å². The predicted octanol–water partition coefficient (Wildman–Crippen LogP) is 5.60. The van der Waals surface area contributed by atoms with Gasteiger partial charge >= 0.3 is 0 Å². The molecule has 36 heavy (non-hydrogen) atoms. The molecule has 0 saturated carbocycles. The highest BCUT2D eigenvalue weighted by Gasteiger charge is 2.73. The van der Waals surface area contributed by atoms with Crippen LogP contribution in [0.4, 0.5) is 5.69 Å². The van der Waals surface area contributed by atoms with Crippen LogP contribution in [0.25, 0.3) is 0 Å². The summed E-state index contributed by atoms with van der Waals surface area (Å²) in [6.07, 6.45) is 0. The summed E-state index contributed by atoms with van der Waals surface area (Å²) in [6.45, 7) is 3.38. The van der Waals surface area contributed by atoms with Crippen molar-refractivity contribution in [2.45, 2.75) is 23.6 Å². The fraction of sp³-hybridized carbons (Fsp3) is 0.250. The van der Waals surface area contributed by atoms with E-state index in [4.69, 9.17) is 23.2 Å². The topological polar surface area (TPSA) is 66.5 Å². The summed E-state index contributed by atoms with van der Waals surface area (Å²) in [4.78, 5) is 39.2. The monoisotopic (exact) mass is 582 g/mol. The number of nitrogens with zero attached hydrogens (tertiary/aromatic N) is 1. The van der Waals surface area contributed by atoms with Gasteiger partial charge in [0, 0.05) is 10.2 Å². The van der Waals surface area contributed by atoms with Crippen molar-refractivity contribution in [3.05, 3.63) is 98.5 Å². The summed E-state index contributed by atoms with van der Waals surface area (Å²) in [7, 11) is 0. The zero-order chi connectivity index (χ0) is 25.6. The van der Waals surface area contributed by atoms with Crippen LogP contribution in [0.1, 0.15) is 33.4 Å². The smallest absolute Gasteiger partial charge is 0.244 e. The molecule has 3 aromatic rings. The molecule has 1 N–H and O–H groups in total. The van der Waals surface area contributed by atoms with Crippen LogP contribution >= 0.6 is 39.1 Å². The maximum Gasteiger partial charge on any atom is 0.244 e. The number of nitrogens with one attached hydrogen (secondary N) is 1. The average molecular weight is 584 g/mol. The molecule has 1 aliphatic heterocycles. The molecule has 7 rings (SSSR count). The SMILES string of the molecule is Cc1cc(NC(=O)CN2C(=O)[C@@H]3[C@@H](C2=O)C2(Cl)c4ccccc4C3(Cl)c3ccccc32)c(C)cc1Br. The number of anilines is 1. The molecule has 4 aliphatic rings. The minimum absolute atomic E-state index is 0.411. The zero-order valence-electron chi connectivity index (χ0n) is 19.4. The number of likely N-dealkylation sites (tertiary alicyclic amines) is 1. The van der Waals surface area contributed by atoms with Crippen molar-refractivity contribution < 1.29 is 14.4 Å². The molecule has 0 spiro atoms. The van der Waals surface area contributed by atoms with Crippen molar-refractivity contribution in [3.8, 4) is 0 Å². The van der Waals surface area contributed by atoms with Gasteiger partial charge in [0.25, 0.3) is 0 Å². The molecule has 0 radical (unpaired) electrons. The van der Waals surface area contributed by atoms with Gasteiger partial charge in [-0.25, -0.2) is 0 Å². The van der Waals surface area contributed by atoms with Crippen molar-refractivity contribution in [2.24, 2.45) is 11.8 Å². The second-order valence-electron chi connectivity index (χ2n) is 9.70. The molecule has 3 aliphatic carbocycles. The number of benzene rings is 3. The van der Waals surface area contributed by atoms with Gasteiger partial charge in [-0.15, -0.1) is 23.2 Å². The largest absolute Gasteiger partial charge is 0.324 e. The van der Waals surface area contributed by atoms with Crippen molar-refractivity contribution in [1.82, 2.24) is 4.90 Å². The molecule has 5 nitrogen and oxygen atoms in total. The van der Waals surface area contributed by atoms with Gasteiger partial charge in [0.05, 0.1) is 11.8 Å². The highest BCUT2D eigenvalue weighted by Crippen LogP contribution is 2.69. The first-order valence-electron chi connectivity index (χ1n) is 11.6. The van der Waals surface area contributed by atoms with Crippen LogP contribution in [0.3, 0.4) is 0 Å². The first-order chi connectivity index (χ1) is 17.1. The van der Waals surface area contributed by atoms with Crippen molar-refractivity contribution in [3.63, 3.8) is 0 Å². The quantitative estimate of drug-likeness (QED) is 0.322. The Balaban J connectivity index is 1.40. The lowest BCUT2D eigenvalue weighted by Gasteiger charge is -2.54. The third-order valence-electron chi connectivity index (χ3n) is 7.76. The Bertz CT molecular complexity index is 1380. The van der Waals surface area contributed by atoms with Gasteiger partial charge in [-0.3, -0.25) is 19.3 Å². The van der Waals surface area contributed by atoms with Gasteiger partial charge in [-0.2, -0.15) is 0 Å². The summed E-state index contributed by atoms with van der Waals surface area (Å²) in [5, 5.41) is 2.85. The molecule has 1 saturated heterocycles. The van der Waals surface area contributed by atoms with E-state index in [0.29, 0.717) is 5.69 Å². The van der Waals surface area contributed by atoms with Gasteiger partial charge in [0.15, 0.2) is 0 Å². The third-order valence-corrected chi connectivity index (χ3v) is 9.90. The Kier molecular flexibility index (Phi) is 5.21. The maximum atomic E-state index is 13.8. The van der Waals surface area contributed by atoms with Crippen LogP contribution in [-0.2, 0) is 24.1 Å². The van der Waals surface area contributed by atoms with E-state index >= 15 is 0 Å². The predicted molar refractivity (Wildman–Crippen MR) is 142 cm³/mol. The molecule has 3 amide bonds. The average Bonchev–Trinajstić information content (AvgIpc) is 3.11. The molecule has 2 atom stereocenters. The number of halogens is 3. The van der Waals surface area contributed by atoms with Crippen LogP contribution in [0.15, 0.2) is 65.1 Å². The van der Waals surface area contributed by atoms with Gasteiger partial charge in [-0.05, 0) is 59.4 Å². The van der Waals surface area contributed by atoms with Crippen LogP contribution < -0.4 is 5.32 Å². The minimum atomic E-state index is -1.26. The zero-order valence-corrected chi connectivity index (χ0v) is 22.5. The highest BCUT2D eigenvalue weighted by atomic mass is 79.9. The van der Waals surface area contributed by atoms with E-state index in [-0.39, 0.29) is 0 Å². The number of hydrogen-bond donors (Lipinski definition) is 1. The van der Waals surface area contributed by atoms with E-state index in [1.54, 1.807) is 0 Å². The third kappa shape index (κ3) is 2.92. The summed E-state index contributed by atoms with van der Waals surface area (Å²) < 4.78 is 0.932. The second kappa shape index (κ2) is 7.91. The molecular formula is C28H21BrCl2N2O3. The van der Waals surface area contributed by atoms with E-state index in [9.17, 15) is 14.4 Å². The molecule has 1 heterocycles. The number of carbonyl (C=O) groups excluding carboxylic acids is 3. The Morgan fingerprint density at radius 3 is 1.75 bits per heavy atom. The van der Waals surface area contributed by atoms with Crippen molar-refractivity contribution >= 4 is 62.5 Å². The number of amides is 3.